The number of benzene rings is 1. The number of halogens is 2. The largest absolute Gasteiger partial charge is 0.489 e. The van der Waals surface area contributed by atoms with E-state index in [1.54, 1.807) is 19.2 Å². The molecule has 0 N–H and O–H groups in total. The zero-order chi connectivity index (χ0) is 21.3. The normalized spacial score (nSPS) is 22.4. The smallest absolute Gasteiger partial charge is 0.252 e. The van der Waals surface area contributed by atoms with E-state index in [0.29, 0.717) is 15.9 Å². The van der Waals surface area contributed by atoms with Crippen LogP contribution in [0.15, 0.2) is 34.5 Å². The van der Waals surface area contributed by atoms with Crippen LogP contribution < -0.4 is 4.74 Å². The minimum absolute atomic E-state index is 0.0711. The molecule has 1 aliphatic heterocycles. The van der Waals surface area contributed by atoms with E-state index in [-0.39, 0.29) is 16.2 Å². The lowest BCUT2D eigenvalue weighted by Crippen LogP contribution is -2.41. The minimum atomic E-state index is -3.49. The molecule has 1 saturated heterocycles. The van der Waals surface area contributed by atoms with E-state index >= 15 is 0 Å². The second kappa shape index (κ2) is 9.35. The standard InChI is InChI=1S/C21H26Cl2N2O3S2/c1-24(30(26,27)20-8-7-19(22)29-20)13-15-11-17(12-15)28-18-6-4-5-16(21(18)23)14-25-9-2-3-10-25/h4-8,15,17H,2-3,9-14H2,1H3. The van der Waals surface area contributed by atoms with Crippen molar-refractivity contribution < 1.29 is 13.2 Å². The molecule has 30 heavy (non-hydrogen) atoms. The molecule has 1 aromatic heterocycles. The fraction of sp³-hybridized carbons (Fsp3) is 0.524. The van der Waals surface area contributed by atoms with Crippen molar-refractivity contribution in [3.05, 3.63) is 45.3 Å². The molecule has 9 heteroatoms. The van der Waals surface area contributed by atoms with E-state index in [1.807, 2.05) is 12.1 Å². The number of hydrogen-bond acceptors (Lipinski definition) is 5. The third-order valence-electron chi connectivity index (χ3n) is 5.85. The first-order valence-corrected chi connectivity index (χ1v) is 13.2. The van der Waals surface area contributed by atoms with E-state index in [1.165, 1.54) is 17.1 Å². The molecule has 4 rings (SSSR count). The summed E-state index contributed by atoms with van der Waals surface area (Å²) >= 11 is 13.6. The number of nitrogens with zero attached hydrogens (tertiary/aromatic N) is 2. The van der Waals surface area contributed by atoms with Gasteiger partial charge in [0.25, 0.3) is 10.0 Å². The van der Waals surface area contributed by atoms with Crippen molar-refractivity contribution in [2.75, 3.05) is 26.7 Å². The maximum absolute atomic E-state index is 12.6. The maximum Gasteiger partial charge on any atom is 0.252 e. The van der Waals surface area contributed by atoms with Crippen LogP contribution >= 0.6 is 34.5 Å². The summed E-state index contributed by atoms with van der Waals surface area (Å²) in [7, 11) is -1.87. The molecule has 0 spiro atoms. The van der Waals surface area contributed by atoms with Crippen molar-refractivity contribution in [1.29, 1.82) is 0 Å². The van der Waals surface area contributed by atoms with Gasteiger partial charge >= 0.3 is 0 Å². The Kier molecular flexibility index (Phi) is 6.97. The fourth-order valence-corrected chi connectivity index (χ4v) is 7.27. The van der Waals surface area contributed by atoms with Crippen LogP contribution in [0.1, 0.15) is 31.2 Å². The Bertz CT molecular complexity index is 984. The highest BCUT2D eigenvalue weighted by Crippen LogP contribution is 2.37. The van der Waals surface area contributed by atoms with Gasteiger partial charge in [-0.15, -0.1) is 11.3 Å². The third kappa shape index (κ3) is 4.97. The summed E-state index contributed by atoms with van der Waals surface area (Å²) in [5, 5.41) is 0.696. The van der Waals surface area contributed by atoms with Gasteiger partial charge in [0.2, 0.25) is 0 Å². The van der Waals surface area contributed by atoms with Crippen molar-refractivity contribution in [1.82, 2.24) is 9.21 Å². The summed E-state index contributed by atoms with van der Waals surface area (Å²) in [5.41, 5.74) is 1.10. The zero-order valence-corrected chi connectivity index (χ0v) is 20.0. The summed E-state index contributed by atoms with van der Waals surface area (Å²) < 4.78 is 33.6. The van der Waals surface area contributed by atoms with Crippen LogP contribution in [0.5, 0.6) is 5.75 Å². The van der Waals surface area contributed by atoms with Gasteiger partial charge in [-0.1, -0.05) is 35.3 Å². The maximum atomic E-state index is 12.6. The summed E-state index contributed by atoms with van der Waals surface area (Å²) in [6, 6.07) is 9.15. The molecule has 2 aromatic rings. The number of ether oxygens (including phenoxy) is 1. The average molecular weight is 489 g/mol. The molecule has 0 atom stereocenters. The van der Waals surface area contributed by atoms with E-state index in [9.17, 15) is 8.42 Å². The Balaban J connectivity index is 1.30. The Hall–Kier alpha value is -0.830. The highest BCUT2D eigenvalue weighted by Gasteiger charge is 2.35. The van der Waals surface area contributed by atoms with Crippen LogP contribution in [0.3, 0.4) is 0 Å². The number of likely N-dealkylation sites (tertiary alicyclic amines) is 1. The SMILES string of the molecule is CN(CC1CC(Oc2cccc(CN3CCCC3)c2Cl)C1)S(=O)(=O)c1ccc(Cl)s1. The van der Waals surface area contributed by atoms with Crippen LogP contribution in [0.25, 0.3) is 0 Å². The van der Waals surface area contributed by atoms with Crippen molar-refractivity contribution in [3.63, 3.8) is 0 Å². The van der Waals surface area contributed by atoms with Gasteiger partial charge in [-0.05, 0) is 68.5 Å². The Morgan fingerprint density at radius 3 is 2.57 bits per heavy atom. The lowest BCUT2D eigenvalue weighted by atomic mass is 9.82. The quantitative estimate of drug-likeness (QED) is 0.516. The highest BCUT2D eigenvalue weighted by atomic mass is 35.5. The monoisotopic (exact) mass is 488 g/mol. The number of hydrogen-bond donors (Lipinski definition) is 0. The molecule has 2 fully saturated rings. The first-order chi connectivity index (χ1) is 14.3. The number of rotatable bonds is 8. The molecule has 1 aliphatic carbocycles. The highest BCUT2D eigenvalue weighted by molar-refractivity contribution is 7.91. The van der Waals surface area contributed by atoms with Crippen molar-refractivity contribution in [2.45, 2.75) is 42.5 Å². The van der Waals surface area contributed by atoms with Crippen LogP contribution in [-0.2, 0) is 16.6 Å². The van der Waals surface area contributed by atoms with Crippen LogP contribution in [0.4, 0.5) is 0 Å². The average Bonchev–Trinajstić information content (AvgIpc) is 3.34. The molecule has 0 radical (unpaired) electrons. The van der Waals surface area contributed by atoms with E-state index in [2.05, 4.69) is 11.0 Å². The number of thiophene rings is 1. The molecule has 164 valence electrons. The predicted octanol–water partition coefficient (Wildman–Crippen LogP) is 5.13. The number of sulfonamides is 1. The Morgan fingerprint density at radius 1 is 1.17 bits per heavy atom. The molecule has 2 aliphatic rings. The molecule has 1 aromatic carbocycles. The van der Waals surface area contributed by atoms with Gasteiger partial charge in [0, 0.05) is 20.1 Å². The van der Waals surface area contributed by atoms with Crippen LogP contribution in [0, 0.1) is 5.92 Å². The van der Waals surface area contributed by atoms with Gasteiger partial charge in [-0.2, -0.15) is 4.31 Å². The van der Waals surface area contributed by atoms with Gasteiger partial charge in [-0.25, -0.2) is 8.42 Å². The van der Waals surface area contributed by atoms with Crippen molar-refractivity contribution in [2.24, 2.45) is 5.92 Å². The first kappa shape index (κ1) is 22.4. The molecular formula is C21H26Cl2N2O3S2. The van der Waals surface area contributed by atoms with E-state index in [4.69, 9.17) is 27.9 Å². The van der Waals surface area contributed by atoms with Gasteiger partial charge in [0.05, 0.1) is 15.5 Å². The first-order valence-electron chi connectivity index (χ1n) is 10.2. The van der Waals surface area contributed by atoms with Gasteiger partial charge < -0.3 is 4.74 Å². The van der Waals surface area contributed by atoms with E-state index < -0.39 is 10.0 Å². The fourth-order valence-electron chi connectivity index (χ4n) is 4.10. The van der Waals surface area contributed by atoms with Crippen LogP contribution in [-0.4, -0.2) is 50.4 Å². The second-order valence-corrected chi connectivity index (χ2v) is 12.5. The molecule has 0 amide bonds. The van der Waals surface area contributed by atoms with Gasteiger partial charge in [0.1, 0.15) is 9.96 Å². The molecular weight excluding hydrogens is 463 g/mol. The lowest BCUT2D eigenvalue weighted by molar-refractivity contribution is 0.0575. The second-order valence-electron chi connectivity index (χ2n) is 8.13. The van der Waals surface area contributed by atoms with Gasteiger partial charge in [-0.3, -0.25) is 4.90 Å². The van der Waals surface area contributed by atoms with Crippen LogP contribution in [0.2, 0.25) is 9.36 Å². The Labute approximate surface area is 192 Å². The van der Waals surface area contributed by atoms with Gasteiger partial charge in [0.15, 0.2) is 0 Å². The van der Waals surface area contributed by atoms with Crippen molar-refractivity contribution in [3.8, 4) is 5.75 Å². The topological polar surface area (TPSA) is 49.9 Å². The summed E-state index contributed by atoms with van der Waals surface area (Å²) in [6.45, 7) is 3.58. The molecule has 0 unspecified atom stereocenters. The van der Waals surface area contributed by atoms with E-state index in [0.717, 1.165) is 55.1 Å². The summed E-state index contributed by atoms with van der Waals surface area (Å²) in [4.78, 5) is 2.42. The molecule has 1 saturated carbocycles. The van der Waals surface area contributed by atoms with Crippen molar-refractivity contribution >= 4 is 44.6 Å². The lowest BCUT2D eigenvalue weighted by Gasteiger charge is -2.37. The third-order valence-corrected chi connectivity index (χ3v) is 9.80. The minimum Gasteiger partial charge on any atom is -0.489 e. The molecule has 5 nitrogen and oxygen atoms in total. The molecule has 0 bridgehead atoms. The summed E-state index contributed by atoms with van der Waals surface area (Å²) in [5.74, 6) is 1.00. The Morgan fingerprint density at radius 2 is 1.90 bits per heavy atom. The predicted molar refractivity (Wildman–Crippen MR) is 122 cm³/mol. The molecule has 2 heterocycles. The summed E-state index contributed by atoms with van der Waals surface area (Å²) in [6.07, 6.45) is 4.21. The zero-order valence-electron chi connectivity index (χ0n) is 16.9.